The second-order valence-electron chi connectivity index (χ2n) is 5.65. The third-order valence-corrected chi connectivity index (χ3v) is 3.59. The third-order valence-electron chi connectivity index (χ3n) is 2.79. The summed E-state index contributed by atoms with van der Waals surface area (Å²) in [5, 5.41) is 0. The van der Waals surface area contributed by atoms with Crippen molar-refractivity contribution in [3.8, 4) is 0 Å². The lowest BCUT2D eigenvalue weighted by Gasteiger charge is -2.20. The van der Waals surface area contributed by atoms with Crippen molar-refractivity contribution in [3.05, 3.63) is 41.3 Å². The Morgan fingerprint density at radius 2 is 1.70 bits per heavy atom. The highest BCUT2D eigenvalue weighted by Crippen LogP contribution is 2.34. The van der Waals surface area contributed by atoms with E-state index in [1.807, 2.05) is 19.6 Å². The topological polar surface area (TPSA) is 18.5 Å². The summed E-state index contributed by atoms with van der Waals surface area (Å²) in [5.74, 6) is 0.476. The van der Waals surface area contributed by atoms with E-state index in [9.17, 15) is 13.2 Å². The molecule has 0 saturated carbocycles. The summed E-state index contributed by atoms with van der Waals surface area (Å²) in [7, 11) is -1.80. The molecule has 2 nitrogen and oxygen atoms in total. The standard InChI is InChI=1S/C14H17F3O2Si/c1-20(2,3)19-13-12(8-9-18-13)10-4-6-11(7-5-10)14(15,16)17/h4-7H,8-9H2,1-3H3. The van der Waals surface area contributed by atoms with Crippen LogP contribution in [0.4, 0.5) is 13.2 Å². The Morgan fingerprint density at radius 3 is 2.20 bits per heavy atom. The van der Waals surface area contributed by atoms with Crippen LogP contribution in [-0.2, 0) is 15.3 Å². The highest BCUT2D eigenvalue weighted by atomic mass is 28.4. The minimum absolute atomic E-state index is 0.476. The molecule has 1 aromatic rings. The molecule has 0 atom stereocenters. The number of hydrogen-bond acceptors (Lipinski definition) is 2. The van der Waals surface area contributed by atoms with Gasteiger partial charge in [0, 0.05) is 12.0 Å². The normalized spacial score (nSPS) is 16.3. The number of hydrogen-bond donors (Lipinski definition) is 0. The monoisotopic (exact) mass is 302 g/mol. The Labute approximate surface area is 117 Å². The zero-order valence-electron chi connectivity index (χ0n) is 11.7. The van der Waals surface area contributed by atoms with Crippen LogP contribution >= 0.6 is 0 Å². The molecule has 1 aliphatic heterocycles. The van der Waals surface area contributed by atoms with Gasteiger partial charge < -0.3 is 9.16 Å². The van der Waals surface area contributed by atoms with E-state index in [1.165, 1.54) is 12.1 Å². The second kappa shape index (κ2) is 5.16. The van der Waals surface area contributed by atoms with Crippen LogP contribution in [-0.4, -0.2) is 14.9 Å². The number of halogens is 3. The van der Waals surface area contributed by atoms with Crippen molar-refractivity contribution in [1.29, 1.82) is 0 Å². The van der Waals surface area contributed by atoms with Gasteiger partial charge in [-0.05, 0) is 37.3 Å². The van der Waals surface area contributed by atoms with Crippen LogP contribution in [0.5, 0.6) is 0 Å². The predicted molar refractivity (Wildman–Crippen MR) is 73.4 cm³/mol. The lowest BCUT2D eigenvalue weighted by molar-refractivity contribution is -0.137. The number of alkyl halides is 3. The Bertz CT molecular complexity index is 513. The van der Waals surface area contributed by atoms with Crippen LogP contribution in [0.15, 0.2) is 30.2 Å². The molecule has 0 aromatic heterocycles. The van der Waals surface area contributed by atoms with Crippen LogP contribution in [0.25, 0.3) is 5.57 Å². The molecule has 20 heavy (non-hydrogen) atoms. The van der Waals surface area contributed by atoms with Crippen molar-refractivity contribution in [2.45, 2.75) is 32.2 Å². The Balaban J connectivity index is 2.28. The quantitative estimate of drug-likeness (QED) is 0.757. The molecule has 0 fully saturated rings. The second-order valence-corrected chi connectivity index (χ2v) is 10.1. The molecule has 6 heteroatoms. The average molecular weight is 302 g/mol. The summed E-state index contributed by atoms with van der Waals surface area (Å²) >= 11 is 0. The molecule has 1 heterocycles. The first-order chi connectivity index (χ1) is 9.17. The molecule has 110 valence electrons. The first kappa shape index (κ1) is 15.0. The first-order valence-electron chi connectivity index (χ1n) is 6.39. The summed E-state index contributed by atoms with van der Waals surface area (Å²) in [6.07, 6.45) is -3.65. The van der Waals surface area contributed by atoms with E-state index in [-0.39, 0.29) is 0 Å². The Hall–Kier alpha value is -1.43. The van der Waals surface area contributed by atoms with Gasteiger partial charge in [-0.15, -0.1) is 0 Å². The molecule has 0 bridgehead atoms. The molecule has 0 saturated heterocycles. The molecule has 0 N–H and O–H groups in total. The zero-order chi connectivity index (χ0) is 15.0. The van der Waals surface area contributed by atoms with Crippen LogP contribution in [0.3, 0.4) is 0 Å². The van der Waals surface area contributed by atoms with Crippen LogP contribution < -0.4 is 0 Å². The SMILES string of the molecule is C[Si](C)(C)OC1=C(c2ccc(C(F)(F)F)cc2)CCO1. The number of benzene rings is 1. The van der Waals surface area contributed by atoms with Gasteiger partial charge in [0.2, 0.25) is 8.32 Å². The van der Waals surface area contributed by atoms with Gasteiger partial charge in [0.15, 0.2) is 0 Å². The van der Waals surface area contributed by atoms with Crippen molar-refractivity contribution >= 4 is 13.9 Å². The van der Waals surface area contributed by atoms with E-state index in [0.717, 1.165) is 23.3 Å². The maximum Gasteiger partial charge on any atom is 0.416 e. The highest BCUT2D eigenvalue weighted by Gasteiger charge is 2.31. The van der Waals surface area contributed by atoms with Gasteiger partial charge in [-0.25, -0.2) is 0 Å². The van der Waals surface area contributed by atoms with Crippen molar-refractivity contribution in [1.82, 2.24) is 0 Å². The molecule has 0 unspecified atom stereocenters. The third kappa shape index (κ3) is 3.56. The molecule has 0 spiro atoms. The largest absolute Gasteiger partial charge is 0.519 e. The fourth-order valence-electron chi connectivity index (χ4n) is 1.93. The summed E-state index contributed by atoms with van der Waals surface area (Å²) in [4.78, 5) is 0. The molecular formula is C14H17F3O2Si. The van der Waals surface area contributed by atoms with Gasteiger partial charge in [0.05, 0.1) is 12.2 Å². The van der Waals surface area contributed by atoms with Gasteiger partial charge in [-0.1, -0.05) is 12.1 Å². The molecular weight excluding hydrogens is 285 g/mol. The van der Waals surface area contributed by atoms with E-state index < -0.39 is 20.1 Å². The number of rotatable bonds is 3. The minimum Gasteiger partial charge on any atom is -0.519 e. The van der Waals surface area contributed by atoms with Crippen LogP contribution in [0, 0.1) is 0 Å². The van der Waals surface area contributed by atoms with Crippen molar-refractivity contribution in [3.63, 3.8) is 0 Å². The highest BCUT2D eigenvalue weighted by molar-refractivity contribution is 6.70. The molecule has 2 rings (SSSR count). The van der Waals surface area contributed by atoms with Gasteiger partial charge in [-0.3, -0.25) is 0 Å². The lowest BCUT2D eigenvalue weighted by atomic mass is 10.0. The summed E-state index contributed by atoms with van der Waals surface area (Å²) in [5.41, 5.74) is 0.929. The number of ether oxygens (including phenoxy) is 1. The Kier molecular flexibility index (Phi) is 3.86. The van der Waals surface area contributed by atoms with E-state index in [4.69, 9.17) is 9.16 Å². The van der Waals surface area contributed by atoms with E-state index in [0.29, 0.717) is 19.0 Å². The fraction of sp³-hybridized carbons (Fsp3) is 0.429. The van der Waals surface area contributed by atoms with Gasteiger partial charge in [-0.2, -0.15) is 13.2 Å². The molecule has 0 aliphatic carbocycles. The van der Waals surface area contributed by atoms with E-state index in [2.05, 4.69) is 0 Å². The predicted octanol–water partition coefficient (Wildman–Crippen LogP) is 4.65. The molecule has 0 radical (unpaired) electrons. The van der Waals surface area contributed by atoms with Crippen molar-refractivity contribution in [2.75, 3.05) is 6.61 Å². The molecule has 0 amide bonds. The van der Waals surface area contributed by atoms with E-state index in [1.54, 1.807) is 0 Å². The summed E-state index contributed by atoms with van der Waals surface area (Å²) < 4.78 is 48.9. The summed E-state index contributed by atoms with van der Waals surface area (Å²) in [6, 6.07) is 5.13. The van der Waals surface area contributed by atoms with Crippen molar-refractivity contribution in [2.24, 2.45) is 0 Å². The zero-order valence-corrected chi connectivity index (χ0v) is 12.7. The van der Waals surface area contributed by atoms with Gasteiger partial charge in [0.1, 0.15) is 0 Å². The van der Waals surface area contributed by atoms with Crippen LogP contribution in [0.1, 0.15) is 17.5 Å². The van der Waals surface area contributed by atoms with E-state index >= 15 is 0 Å². The first-order valence-corrected chi connectivity index (χ1v) is 9.80. The van der Waals surface area contributed by atoms with Gasteiger partial charge >= 0.3 is 6.18 Å². The smallest absolute Gasteiger partial charge is 0.416 e. The Morgan fingerprint density at radius 1 is 1.10 bits per heavy atom. The minimum atomic E-state index is -4.31. The maximum atomic E-state index is 12.5. The van der Waals surface area contributed by atoms with Crippen LogP contribution in [0.2, 0.25) is 19.6 Å². The fourth-order valence-corrected chi connectivity index (χ4v) is 2.67. The van der Waals surface area contributed by atoms with Gasteiger partial charge in [0.25, 0.3) is 5.95 Å². The average Bonchev–Trinajstić information content (AvgIpc) is 2.73. The van der Waals surface area contributed by atoms with Crippen molar-refractivity contribution < 1.29 is 22.3 Å². The maximum absolute atomic E-state index is 12.5. The summed E-state index contributed by atoms with van der Waals surface area (Å²) in [6.45, 7) is 6.61. The molecule has 1 aliphatic rings. The lowest BCUT2D eigenvalue weighted by Crippen LogP contribution is -2.25. The molecule has 1 aromatic carbocycles.